The first kappa shape index (κ1) is 9.16. The zero-order valence-electron chi connectivity index (χ0n) is 6.95. The average Bonchev–Trinajstić information content (AvgIpc) is 2.43. The number of thiazole rings is 1. The molecule has 64 valence electrons. The van der Waals surface area contributed by atoms with Gasteiger partial charge in [-0.3, -0.25) is 0 Å². The highest BCUT2D eigenvalue weighted by Crippen LogP contribution is 2.18. The van der Waals surface area contributed by atoms with Crippen LogP contribution in [0.5, 0.6) is 0 Å². The Hall–Kier alpha value is -0.930. The maximum absolute atomic E-state index is 8.88. The predicted octanol–water partition coefficient (Wildman–Crippen LogP) is 2.14. The van der Waals surface area contributed by atoms with E-state index in [9.17, 15) is 0 Å². The molecule has 0 radical (unpaired) electrons. The van der Waals surface area contributed by atoms with Gasteiger partial charge in [0.25, 0.3) is 0 Å². The van der Waals surface area contributed by atoms with Crippen molar-refractivity contribution in [2.45, 2.75) is 13.5 Å². The lowest BCUT2D eigenvalue weighted by atomic mass is 10.4. The number of nitrogens with zero attached hydrogens (tertiary/aromatic N) is 1. The lowest BCUT2D eigenvalue weighted by Crippen LogP contribution is -1.80. The van der Waals surface area contributed by atoms with Gasteiger partial charge in [-0.2, -0.15) is 0 Å². The van der Waals surface area contributed by atoms with Gasteiger partial charge >= 0.3 is 0 Å². The van der Waals surface area contributed by atoms with E-state index in [1.54, 1.807) is 6.08 Å². The molecule has 1 aromatic rings. The number of aromatic nitrogens is 1. The van der Waals surface area contributed by atoms with Crippen LogP contribution in [-0.2, 0) is 6.61 Å². The third-order valence-corrected chi connectivity index (χ3v) is 2.54. The molecule has 12 heavy (non-hydrogen) atoms. The monoisotopic (exact) mass is 181 g/mol. The lowest BCUT2D eigenvalue weighted by Gasteiger charge is -1.85. The van der Waals surface area contributed by atoms with Crippen molar-refractivity contribution in [2.24, 2.45) is 0 Å². The highest BCUT2D eigenvalue weighted by atomic mass is 32.1. The van der Waals surface area contributed by atoms with Gasteiger partial charge in [0.15, 0.2) is 0 Å². The van der Waals surface area contributed by atoms with Crippen LogP contribution >= 0.6 is 11.3 Å². The molecular weight excluding hydrogens is 170 g/mol. The summed E-state index contributed by atoms with van der Waals surface area (Å²) >= 11 is 1.50. The quantitative estimate of drug-likeness (QED) is 0.725. The van der Waals surface area contributed by atoms with Crippen molar-refractivity contribution >= 4 is 17.4 Å². The number of hydrogen-bond donors (Lipinski definition) is 1. The van der Waals surface area contributed by atoms with Crippen LogP contribution in [0.25, 0.3) is 6.08 Å². The minimum Gasteiger partial charge on any atom is -0.391 e. The molecule has 0 aliphatic carbocycles. The molecule has 0 fully saturated rings. The molecule has 0 amide bonds. The minimum absolute atomic E-state index is 0.0748. The molecule has 1 aromatic heterocycles. The third kappa shape index (κ3) is 2.03. The molecule has 0 saturated heterocycles. The summed E-state index contributed by atoms with van der Waals surface area (Å²) in [5.74, 6) is 0. The first-order valence-corrected chi connectivity index (χ1v) is 4.46. The first-order chi connectivity index (χ1) is 5.77. The van der Waals surface area contributed by atoms with E-state index < -0.39 is 0 Å². The number of hydrogen-bond acceptors (Lipinski definition) is 3. The van der Waals surface area contributed by atoms with Gasteiger partial charge in [-0.15, -0.1) is 11.3 Å². The number of aliphatic hydroxyl groups excluding tert-OH is 1. The van der Waals surface area contributed by atoms with Crippen LogP contribution < -0.4 is 0 Å². The average molecular weight is 181 g/mol. The first-order valence-electron chi connectivity index (χ1n) is 3.64. The van der Waals surface area contributed by atoms with Crippen molar-refractivity contribution in [3.63, 3.8) is 0 Å². The van der Waals surface area contributed by atoms with Crippen molar-refractivity contribution in [1.82, 2.24) is 4.98 Å². The van der Waals surface area contributed by atoms with Gasteiger partial charge < -0.3 is 5.11 Å². The van der Waals surface area contributed by atoms with Crippen molar-refractivity contribution in [1.29, 1.82) is 0 Å². The van der Waals surface area contributed by atoms with E-state index in [1.165, 1.54) is 11.3 Å². The summed E-state index contributed by atoms with van der Waals surface area (Å²) in [6.07, 6.45) is 5.42. The topological polar surface area (TPSA) is 33.1 Å². The summed E-state index contributed by atoms with van der Waals surface area (Å²) in [6.45, 7) is 5.54. The summed E-state index contributed by atoms with van der Waals surface area (Å²) in [7, 11) is 0. The Morgan fingerprint density at radius 2 is 2.42 bits per heavy atom. The van der Waals surface area contributed by atoms with Gasteiger partial charge in [0.2, 0.25) is 0 Å². The summed E-state index contributed by atoms with van der Waals surface area (Å²) in [5.41, 5.74) is 0.909. The Morgan fingerprint density at radius 1 is 1.67 bits per heavy atom. The molecule has 0 bridgehead atoms. The number of aliphatic hydroxyl groups is 1. The zero-order chi connectivity index (χ0) is 8.97. The molecule has 0 unspecified atom stereocenters. The van der Waals surface area contributed by atoms with E-state index in [1.807, 2.05) is 19.1 Å². The standard InChI is InChI=1S/C9H11NOS/c1-3-4-5-9-10-7(2)8(6-11)12-9/h3-5,11H,1,6H2,2H3/b5-4+. The van der Waals surface area contributed by atoms with E-state index in [-0.39, 0.29) is 6.61 Å². The van der Waals surface area contributed by atoms with Crippen LogP contribution in [0.3, 0.4) is 0 Å². The Labute approximate surface area is 75.9 Å². The normalized spacial score (nSPS) is 10.8. The molecule has 0 aliphatic heterocycles. The van der Waals surface area contributed by atoms with E-state index in [4.69, 9.17) is 5.11 Å². The fourth-order valence-corrected chi connectivity index (χ4v) is 1.66. The fraction of sp³-hybridized carbons (Fsp3) is 0.222. The largest absolute Gasteiger partial charge is 0.391 e. The summed E-state index contributed by atoms with van der Waals surface area (Å²) in [5, 5.41) is 9.80. The smallest absolute Gasteiger partial charge is 0.116 e. The van der Waals surface area contributed by atoms with Crippen LogP contribution in [-0.4, -0.2) is 10.1 Å². The fourth-order valence-electron chi connectivity index (χ4n) is 0.819. The third-order valence-electron chi connectivity index (χ3n) is 1.43. The van der Waals surface area contributed by atoms with E-state index in [0.29, 0.717) is 0 Å². The molecule has 1 N–H and O–H groups in total. The second kappa shape index (κ2) is 4.18. The molecule has 2 nitrogen and oxygen atoms in total. The van der Waals surface area contributed by atoms with E-state index in [0.717, 1.165) is 15.6 Å². The van der Waals surface area contributed by atoms with Gasteiger partial charge in [0.05, 0.1) is 17.2 Å². The lowest BCUT2D eigenvalue weighted by molar-refractivity contribution is 0.284. The van der Waals surface area contributed by atoms with Gasteiger partial charge in [-0.1, -0.05) is 18.7 Å². The highest BCUT2D eigenvalue weighted by Gasteiger charge is 2.02. The van der Waals surface area contributed by atoms with E-state index >= 15 is 0 Å². The van der Waals surface area contributed by atoms with Gasteiger partial charge in [-0.25, -0.2) is 4.98 Å². The SMILES string of the molecule is C=C/C=C/c1nc(C)c(CO)s1. The number of allylic oxidation sites excluding steroid dienone is 2. The molecular formula is C9H11NOS. The van der Waals surface area contributed by atoms with Crippen LogP contribution in [0, 0.1) is 6.92 Å². The summed E-state index contributed by atoms with van der Waals surface area (Å²) in [6, 6.07) is 0. The second-order valence-corrected chi connectivity index (χ2v) is 3.43. The highest BCUT2D eigenvalue weighted by molar-refractivity contribution is 7.12. The summed E-state index contributed by atoms with van der Waals surface area (Å²) in [4.78, 5) is 5.17. The molecule has 1 heterocycles. The zero-order valence-corrected chi connectivity index (χ0v) is 7.77. The van der Waals surface area contributed by atoms with Crippen molar-refractivity contribution in [2.75, 3.05) is 0 Å². The molecule has 0 aromatic carbocycles. The molecule has 0 spiro atoms. The molecule has 0 atom stereocenters. The predicted molar refractivity (Wildman–Crippen MR) is 52.0 cm³/mol. The molecule has 3 heteroatoms. The number of aryl methyl sites for hydroxylation is 1. The van der Waals surface area contributed by atoms with Gasteiger partial charge in [-0.05, 0) is 13.0 Å². The Kier molecular flexibility index (Phi) is 3.19. The Morgan fingerprint density at radius 3 is 2.92 bits per heavy atom. The van der Waals surface area contributed by atoms with Crippen LogP contribution in [0.15, 0.2) is 18.7 Å². The minimum atomic E-state index is 0.0748. The maximum atomic E-state index is 8.88. The number of rotatable bonds is 3. The molecule has 0 saturated carbocycles. The van der Waals surface area contributed by atoms with E-state index in [2.05, 4.69) is 11.6 Å². The van der Waals surface area contributed by atoms with Gasteiger partial charge in [0.1, 0.15) is 5.01 Å². The Bertz CT molecular complexity index is 301. The maximum Gasteiger partial charge on any atom is 0.116 e. The van der Waals surface area contributed by atoms with Crippen molar-refractivity contribution in [3.05, 3.63) is 34.3 Å². The molecule has 1 rings (SSSR count). The second-order valence-electron chi connectivity index (χ2n) is 2.31. The Balaban J connectivity index is 2.88. The van der Waals surface area contributed by atoms with Crippen LogP contribution in [0.1, 0.15) is 15.6 Å². The summed E-state index contributed by atoms with van der Waals surface area (Å²) < 4.78 is 0. The van der Waals surface area contributed by atoms with Gasteiger partial charge in [0, 0.05) is 0 Å². The van der Waals surface area contributed by atoms with Crippen LogP contribution in [0.4, 0.5) is 0 Å². The van der Waals surface area contributed by atoms with Crippen LogP contribution in [0.2, 0.25) is 0 Å². The van der Waals surface area contributed by atoms with Crippen molar-refractivity contribution < 1.29 is 5.11 Å². The molecule has 0 aliphatic rings. The van der Waals surface area contributed by atoms with Crippen molar-refractivity contribution in [3.8, 4) is 0 Å².